The first-order chi connectivity index (χ1) is 33.6. The molecule has 0 radical (unpaired) electrons. The lowest BCUT2D eigenvalue weighted by Crippen LogP contribution is -2.30. The molecule has 0 rings (SSSR count). The summed E-state index contributed by atoms with van der Waals surface area (Å²) in [7, 11) is 0. The van der Waals surface area contributed by atoms with Crippen molar-refractivity contribution in [2.75, 3.05) is 19.8 Å². The average Bonchev–Trinajstić information content (AvgIpc) is 3.34. The number of hydrogen-bond acceptors (Lipinski definition) is 5. The molecule has 0 spiro atoms. The molecule has 68 heavy (non-hydrogen) atoms. The second-order valence-electron chi connectivity index (χ2n) is 17.0. The topological polar surface area (TPSA) is 61.8 Å². The smallest absolute Gasteiger partial charge is 0.306 e. The van der Waals surface area contributed by atoms with Crippen LogP contribution in [0.25, 0.3) is 0 Å². The second kappa shape index (κ2) is 56.8. The van der Waals surface area contributed by atoms with Crippen LogP contribution >= 0.6 is 0 Å². The molecule has 1 unspecified atom stereocenters. The summed E-state index contributed by atoms with van der Waals surface area (Å²) < 4.78 is 17.3. The van der Waals surface area contributed by atoms with E-state index in [0.29, 0.717) is 25.9 Å². The third-order valence-corrected chi connectivity index (χ3v) is 10.5. The van der Waals surface area contributed by atoms with Crippen molar-refractivity contribution in [1.29, 1.82) is 0 Å². The Balaban J connectivity index is 4.55. The minimum absolute atomic E-state index is 0.00673. The first-order valence-corrected chi connectivity index (χ1v) is 27.0. The third kappa shape index (κ3) is 54.1. The van der Waals surface area contributed by atoms with Crippen molar-refractivity contribution in [1.82, 2.24) is 0 Å². The molecule has 0 aromatic heterocycles. The zero-order valence-corrected chi connectivity index (χ0v) is 43.6. The van der Waals surface area contributed by atoms with Gasteiger partial charge in [0.15, 0.2) is 6.10 Å². The number of unbranched alkanes of at least 4 members (excludes halogenated alkanes) is 10. The summed E-state index contributed by atoms with van der Waals surface area (Å²) in [6.45, 7) is 7.38. The van der Waals surface area contributed by atoms with E-state index >= 15 is 0 Å². The monoisotopic (exact) mass is 935 g/mol. The number of esters is 2. The van der Waals surface area contributed by atoms with Crippen molar-refractivity contribution in [3.05, 3.63) is 158 Å². The molecular formula is C63H98O5. The van der Waals surface area contributed by atoms with Crippen LogP contribution < -0.4 is 0 Å². The fourth-order valence-electron chi connectivity index (χ4n) is 6.60. The predicted octanol–water partition coefficient (Wildman–Crippen LogP) is 18.7. The van der Waals surface area contributed by atoms with Crippen molar-refractivity contribution in [2.45, 2.75) is 207 Å². The Kier molecular flexibility index (Phi) is 53.1. The Morgan fingerprint density at radius 2 is 0.691 bits per heavy atom. The van der Waals surface area contributed by atoms with Crippen LogP contribution in [0.1, 0.15) is 201 Å². The highest BCUT2D eigenvalue weighted by Gasteiger charge is 2.17. The van der Waals surface area contributed by atoms with E-state index in [1.54, 1.807) is 0 Å². The van der Waals surface area contributed by atoms with E-state index in [1.807, 2.05) is 6.08 Å². The SMILES string of the molecule is CC/C=C\C/C=C\C/C=C\C/C=C\C/C=C\C/C=C\CCC(=O)OCC(COCCCCCCCC/C=C\C/C=C\CCCCC)OC(=O)CCC/C=C\C/C=C\C/C=C\C/C=C\C/C=C\CC. The van der Waals surface area contributed by atoms with E-state index < -0.39 is 6.10 Å². The van der Waals surface area contributed by atoms with Crippen molar-refractivity contribution in [3.8, 4) is 0 Å². The Hall–Kier alpha value is -4.48. The Morgan fingerprint density at radius 1 is 0.338 bits per heavy atom. The highest BCUT2D eigenvalue weighted by Crippen LogP contribution is 2.10. The maximum atomic E-state index is 12.8. The molecule has 0 aliphatic rings. The summed E-state index contributed by atoms with van der Waals surface area (Å²) in [4.78, 5) is 25.4. The molecule has 1 atom stereocenters. The van der Waals surface area contributed by atoms with Gasteiger partial charge in [-0.05, 0) is 128 Å². The fourth-order valence-corrected chi connectivity index (χ4v) is 6.60. The summed E-state index contributed by atoms with van der Waals surface area (Å²) in [5.41, 5.74) is 0. The minimum atomic E-state index is -0.615. The van der Waals surface area contributed by atoms with Crippen LogP contribution in [0.5, 0.6) is 0 Å². The van der Waals surface area contributed by atoms with Crippen molar-refractivity contribution in [2.24, 2.45) is 0 Å². The molecule has 380 valence electrons. The number of allylic oxidation sites excluding steroid dienone is 26. The lowest BCUT2D eigenvalue weighted by atomic mass is 10.1. The van der Waals surface area contributed by atoms with Crippen LogP contribution in [-0.4, -0.2) is 37.9 Å². The molecule has 0 aromatic carbocycles. The average molecular weight is 935 g/mol. The van der Waals surface area contributed by atoms with Crippen LogP contribution in [0.15, 0.2) is 158 Å². The number of hydrogen-bond donors (Lipinski definition) is 0. The molecule has 0 amide bonds. The minimum Gasteiger partial charge on any atom is -0.462 e. The molecule has 0 aliphatic carbocycles. The van der Waals surface area contributed by atoms with Gasteiger partial charge in [0.05, 0.1) is 6.61 Å². The summed E-state index contributed by atoms with van der Waals surface area (Å²) in [6.07, 6.45) is 84.1. The first kappa shape index (κ1) is 63.5. The van der Waals surface area contributed by atoms with Gasteiger partial charge in [-0.3, -0.25) is 9.59 Å². The van der Waals surface area contributed by atoms with E-state index in [2.05, 4.69) is 173 Å². The number of rotatable bonds is 47. The van der Waals surface area contributed by atoms with Gasteiger partial charge in [-0.2, -0.15) is 0 Å². The Morgan fingerprint density at radius 3 is 1.12 bits per heavy atom. The van der Waals surface area contributed by atoms with E-state index in [0.717, 1.165) is 103 Å². The van der Waals surface area contributed by atoms with Gasteiger partial charge < -0.3 is 14.2 Å². The highest BCUT2D eigenvalue weighted by atomic mass is 16.6. The predicted molar refractivity (Wildman–Crippen MR) is 297 cm³/mol. The summed E-state index contributed by atoms with van der Waals surface area (Å²) in [6, 6.07) is 0. The molecule has 0 saturated heterocycles. The van der Waals surface area contributed by atoms with Gasteiger partial charge in [0, 0.05) is 19.4 Å². The van der Waals surface area contributed by atoms with Crippen molar-refractivity contribution in [3.63, 3.8) is 0 Å². The molecule has 5 nitrogen and oxygen atoms in total. The number of carbonyl (C=O) groups excluding carboxylic acids is 2. The van der Waals surface area contributed by atoms with Crippen LogP contribution in [0.3, 0.4) is 0 Å². The third-order valence-electron chi connectivity index (χ3n) is 10.5. The summed E-state index contributed by atoms with van der Waals surface area (Å²) >= 11 is 0. The van der Waals surface area contributed by atoms with E-state index in [-0.39, 0.29) is 31.6 Å². The lowest BCUT2D eigenvalue weighted by Gasteiger charge is -2.18. The fraction of sp³-hybridized carbons (Fsp3) is 0.556. The quantitative estimate of drug-likeness (QED) is 0.0346. The van der Waals surface area contributed by atoms with Gasteiger partial charge in [-0.25, -0.2) is 0 Å². The first-order valence-electron chi connectivity index (χ1n) is 27.0. The molecule has 5 heteroatoms. The molecule has 0 heterocycles. The highest BCUT2D eigenvalue weighted by molar-refractivity contribution is 5.70. The van der Waals surface area contributed by atoms with Gasteiger partial charge in [0.1, 0.15) is 6.61 Å². The van der Waals surface area contributed by atoms with Crippen molar-refractivity contribution < 1.29 is 23.8 Å². The standard InChI is InChI=1S/C63H98O5/c1-4-7-10-13-16-19-22-25-28-31-32-34-35-38-41-44-47-50-53-56-62(64)67-60-61(59-66-58-55-52-49-46-43-40-37-30-27-24-21-18-15-12-9-6-3)68-63(65)57-54-51-48-45-42-39-36-33-29-26-23-20-17-14-11-8-5-2/h7-8,10-11,16-21,25-30,32,34,36,38-39,41,45,47-48,50,61H,4-6,9,12-15,22-24,31,33,35,37,40,42-44,46,49,51-60H2,1-3H3/b10-7-,11-8-,19-16-,20-17-,21-18-,28-25-,29-26-,30-27-,34-32-,39-36-,41-38-,48-45-,50-47-. The summed E-state index contributed by atoms with van der Waals surface area (Å²) in [5, 5.41) is 0. The van der Waals surface area contributed by atoms with E-state index in [9.17, 15) is 9.59 Å². The zero-order valence-electron chi connectivity index (χ0n) is 43.6. The second-order valence-corrected chi connectivity index (χ2v) is 17.0. The number of carbonyl (C=O) groups is 2. The zero-order chi connectivity index (χ0) is 49.2. The maximum Gasteiger partial charge on any atom is 0.306 e. The molecule has 0 aromatic rings. The lowest BCUT2D eigenvalue weighted by molar-refractivity contribution is -0.162. The van der Waals surface area contributed by atoms with E-state index in [1.165, 1.54) is 51.4 Å². The van der Waals surface area contributed by atoms with Gasteiger partial charge in [0.25, 0.3) is 0 Å². The normalized spacial score (nSPS) is 13.5. The Labute approximate surface area is 418 Å². The molecule has 0 N–H and O–H groups in total. The van der Waals surface area contributed by atoms with Gasteiger partial charge in [-0.15, -0.1) is 0 Å². The van der Waals surface area contributed by atoms with Crippen LogP contribution in [0.4, 0.5) is 0 Å². The Bertz CT molecular complexity index is 1520. The number of ether oxygens (including phenoxy) is 3. The molecule has 0 fully saturated rings. The van der Waals surface area contributed by atoms with Gasteiger partial charge in [-0.1, -0.05) is 217 Å². The maximum absolute atomic E-state index is 12.8. The van der Waals surface area contributed by atoms with Crippen LogP contribution in [0, 0.1) is 0 Å². The van der Waals surface area contributed by atoms with Crippen molar-refractivity contribution >= 4 is 11.9 Å². The molecule has 0 aliphatic heterocycles. The van der Waals surface area contributed by atoms with Gasteiger partial charge >= 0.3 is 11.9 Å². The van der Waals surface area contributed by atoms with E-state index in [4.69, 9.17) is 14.2 Å². The largest absolute Gasteiger partial charge is 0.462 e. The van der Waals surface area contributed by atoms with Crippen LogP contribution in [-0.2, 0) is 23.8 Å². The molecule has 0 saturated carbocycles. The molecular weight excluding hydrogens is 837 g/mol. The van der Waals surface area contributed by atoms with Gasteiger partial charge in [0.2, 0.25) is 0 Å². The van der Waals surface area contributed by atoms with Crippen LogP contribution in [0.2, 0.25) is 0 Å². The summed E-state index contributed by atoms with van der Waals surface area (Å²) in [5.74, 6) is -0.581. The molecule has 0 bridgehead atoms.